The number of rotatable bonds is 1. The highest BCUT2D eigenvalue weighted by molar-refractivity contribution is 9.10. The lowest BCUT2D eigenvalue weighted by molar-refractivity contribution is 0.628. The third kappa shape index (κ3) is 1.48. The number of aromatic nitrogens is 2. The van der Waals surface area contributed by atoms with Gasteiger partial charge in [0.15, 0.2) is 0 Å². The highest BCUT2D eigenvalue weighted by Gasteiger charge is 2.19. The van der Waals surface area contributed by atoms with Crippen molar-refractivity contribution in [2.75, 3.05) is 0 Å². The van der Waals surface area contributed by atoms with Gasteiger partial charge in [0.05, 0.1) is 0 Å². The molecule has 2 aromatic rings. The molecule has 1 aliphatic heterocycles. The van der Waals surface area contributed by atoms with Crippen LogP contribution in [-0.4, -0.2) is 9.55 Å². The van der Waals surface area contributed by atoms with E-state index < -0.39 is 0 Å². The molecule has 0 spiro atoms. The van der Waals surface area contributed by atoms with Crippen molar-refractivity contribution in [2.24, 2.45) is 0 Å². The maximum atomic E-state index is 12.8. The Kier molecular flexibility index (Phi) is 2.32. The van der Waals surface area contributed by atoms with Crippen LogP contribution in [0.3, 0.4) is 0 Å². The zero-order chi connectivity index (χ0) is 11.1. The SMILES string of the molecule is Fc1ccc(-c2nc3n(c2Br)CCC3)cc1. The second-order valence-corrected chi connectivity index (χ2v) is 4.68. The smallest absolute Gasteiger partial charge is 0.123 e. The summed E-state index contributed by atoms with van der Waals surface area (Å²) in [5.74, 6) is 0.901. The van der Waals surface area contributed by atoms with Gasteiger partial charge in [0.25, 0.3) is 0 Å². The number of hydrogen-bond donors (Lipinski definition) is 0. The van der Waals surface area contributed by atoms with Crippen molar-refractivity contribution in [1.29, 1.82) is 0 Å². The summed E-state index contributed by atoms with van der Waals surface area (Å²) in [6, 6.07) is 6.45. The second-order valence-electron chi connectivity index (χ2n) is 3.93. The predicted molar refractivity (Wildman–Crippen MR) is 63.6 cm³/mol. The maximum absolute atomic E-state index is 12.8. The van der Waals surface area contributed by atoms with Gasteiger partial charge < -0.3 is 4.57 Å². The highest BCUT2D eigenvalue weighted by atomic mass is 79.9. The fourth-order valence-electron chi connectivity index (χ4n) is 2.08. The van der Waals surface area contributed by atoms with Crippen LogP contribution in [0.15, 0.2) is 28.9 Å². The number of hydrogen-bond acceptors (Lipinski definition) is 1. The lowest BCUT2D eigenvalue weighted by Gasteiger charge is -2.00. The van der Waals surface area contributed by atoms with Crippen molar-refractivity contribution >= 4 is 15.9 Å². The van der Waals surface area contributed by atoms with Gasteiger partial charge >= 0.3 is 0 Å². The number of fused-ring (bicyclic) bond motifs is 1. The van der Waals surface area contributed by atoms with Crippen molar-refractivity contribution in [3.8, 4) is 11.3 Å². The Morgan fingerprint density at radius 1 is 1.25 bits per heavy atom. The lowest BCUT2D eigenvalue weighted by Crippen LogP contribution is -1.91. The molecule has 3 rings (SSSR count). The van der Waals surface area contributed by atoms with Crippen LogP contribution >= 0.6 is 15.9 Å². The van der Waals surface area contributed by atoms with E-state index in [4.69, 9.17) is 0 Å². The molecule has 2 heterocycles. The first-order valence-corrected chi connectivity index (χ1v) is 6.06. The molecule has 0 N–H and O–H groups in total. The molecule has 2 nitrogen and oxygen atoms in total. The molecule has 16 heavy (non-hydrogen) atoms. The molecule has 0 bridgehead atoms. The van der Waals surface area contributed by atoms with E-state index in [1.807, 2.05) is 0 Å². The molecule has 0 fully saturated rings. The molecule has 0 aliphatic carbocycles. The average Bonchev–Trinajstić information content (AvgIpc) is 2.84. The van der Waals surface area contributed by atoms with Crippen LogP contribution < -0.4 is 0 Å². The van der Waals surface area contributed by atoms with Crippen molar-refractivity contribution < 1.29 is 4.39 Å². The minimum Gasteiger partial charge on any atom is -0.322 e. The Bertz CT molecular complexity index is 531. The second kappa shape index (κ2) is 3.70. The standard InChI is InChI=1S/C12H10BrFN2/c13-12-11(8-3-5-9(14)6-4-8)15-10-2-1-7-16(10)12/h3-6H,1-2,7H2. The van der Waals surface area contributed by atoms with Crippen LogP contribution in [0.25, 0.3) is 11.3 Å². The molecular weight excluding hydrogens is 271 g/mol. The van der Waals surface area contributed by atoms with Crippen LogP contribution in [0.1, 0.15) is 12.2 Å². The first kappa shape index (κ1) is 10.0. The van der Waals surface area contributed by atoms with E-state index in [1.54, 1.807) is 12.1 Å². The summed E-state index contributed by atoms with van der Waals surface area (Å²) in [5.41, 5.74) is 1.87. The Morgan fingerprint density at radius 2 is 2.00 bits per heavy atom. The minimum absolute atomic E-state index is 0.216. The van der Waals surface area contributed by atoms with Crippen LogP contribution in [0.5, 0.6) is 0 Å². The first-order chi connectivity index (χ1) is 7.75. The van der Waals surface area contributed by atoms with Gasteiger partial charge in [0, 0.05) is 18.5 Å². The number of imidazole rings is 1. The Labute approximate surface area is 101 Å². The van der Waals surface area contributed by atoms with Crippen LogP contribution in [0.2, 0.25) is 0 Å². The zero-order valence-electron chi connectivity index (χ0n) is 8.58. The molecule has 0 radical (unpaired) electrons. The van der Waals surface area contributed by atoms with E-state index in [9.17, 15) is 4.39 Å². The predicted octanol–water partition coefficient (Wildman–Crippen LogP) is 3.40. The van der Waals surface area contributed by atoms with Gasteiger partial charge in [0.2, 0.25) is 0 Å². The molecular formula is C12H10BrFN2. The number of halogens is 2. The number of nitrogens with zero attached hydrogens (tertiary/aromatic N) is 2. The van der Waals surface area contributed by atoms with E-state index in [0.29, 0.717) is 0 Å². The van der Waals surface area contributed by atoms with E-state index in [0.717, 1.165) is 41.1 Å². The highest BCUT2D eigenvalue weighted by Crippen LogP contribution is 2.31. The molecule has 0 unspecified atom stereocenters. The number of aryl methyl sites for hydroxylation is 1. The Hall–Kier alpha value is -1.16. The summed E-state index contributed by atoms with van der Waals surface area (Å²) in [6.45, 7) is 1.02. The number of benzene rings is 1. The van der Waals surface area contributed by atoms with Crippen molar-refractivity contribution in [3.05, 3.63) is 40.5 Å². The van der Waals surface area contributed by atoms with E-state index >= 15 is 0 Å². The molecule has 1 aromatic heterocycles. The Morgan fingerprint density at radius 3 is 2.69 bits per heavy atom. The van der Waals surface area contributed by atoms with Crippen LogP contribution in [0.4, 0.5) is 4.39 Å². The quantitative estimate of drug-likeness (QED) is 0.783. The third-order valence-electron chi connectivity index (χ3n) is 2.88. The van der Waals surface area contributed by atoms with E-state index in [-0.39, 0.29) is 5.82 Å². The van der Waals surface area contributed by atoms with Crippen LogP contribution in [0, 0.1) is 5.82 Å². The summed E-state index contributed by atoms with van der Waals surface area (Å²) in [4.78, 5) is 4.58. The molecule has 1 aliphatic rings. The Balaban J connectivity index is 2.10. The summed E-state index contributed by atoms with van der Waals surface area (Å²) in [5, 5.41) is 0. The van der Waals surface area contributed by atoms with Crippen molar-refractivity contribution in [3.63, 3.8) is 0 Å². The fraction of sp³-hybridized carbons (Fsp3) is 0.250. The molecule has 82 valence electrons. The van der Waals surface area contributed by atoms with Gasteiger partial charge in [-0.2, -0.15) is 0 Å². The van der Waals surface area contributed by atoms with Crippen LogP contribution in [-0.2, 0) is 13.0 Å². The lowest BCUT2D eigenvalue weighted by atomic mass is 10.2. The van der Waals surface area contributed by atoms with Gasteiger partial charge in [-0.15, -0.1) is 0 Å². The maximum Gasteiger partial charge on any atom is 0.123 e. The van der Waals surface area contributed by atoms with Gasteiger partial charge in [-0.05, 0) is 46.6 Å². The van der Waals surface area contributed by atoms with E-state index in [2.05, 4.69) is 25.5 Å². The minimum atomic E-state index is -0.216. The van der Waals surface area contributed by atoms with Crippen molar-refractivity contribution in [2.45, 2.75) is 19.4 Å². The molecule has 0 atom stereocenters. The van der Waals surface area contributed by atoms with E-state index in [1.165, 1.54) is 12.1 Å². The molecule has 1 aromatic carbocycles. The van der Waals surface area contributed by atoms with Crippen molar-refractivity contribution in [1.82, 2.24) is 9.55 Å². The summed E-state index contributed by atoms with van der Waals surface area (Å²) in [7, 11) is 0. The summed E-state index contributed by atoms with van der Waals surface area (Å²) < 4.78 is 16.0. The molecule has 0 saturated carbocycles. The molecule has 4 heteroatoms. The largest absolute Gasteiger partial charge is 0.322 e. The fourth-order valence-corrected chi connectivity index (χ4v) is 2.78. The molecule has 0 saturated heterocycles. The summed E-state index contributed by atoms with van der Waals surface area (Å²) >= 11 is 3.56. The zero-order valence-corrected chi connectivity index (χ0v) is 10.2. The normalized spacial score (nSPS) is 14.1. The van der Waals surface area contributed by atoms with Gasteiger partial charge in [-0.1, -0.05) is 0 Å². The first-order valence-electron chi connectivity index (χ1n) is 5.26. The van der Waals surface area contributed by atoms with Gasteiger partial charge in [0.1, 0.15) is 21.9 Å². The average molecular weight is 281 g/mol. The topological polar surface area (TPSA) is 17.8 Å². The molecule has 0 amide bonds. The third-order valence-corrected chi connectivity index (χ3v) is 3.69. The van der Waals surface area contributed by atoms with Gasteiger partial charge in [-0.25, -0.2) is 9.37 Å². The summed E-state index contributed by atoms with van der Waals surface area (Å²) in [6.07, 6.45) is 2.18. The van der Waals surface area contributed by atoms with Gasteiger partial charge in [-0.3, -0.25) is 0 Å². The monoisotopic (exact) mass is 280 g/mol.